The van der Waals surface area contributed by atoms with E-state index in [2.05, 4.69) is 43.4 Å². The van der Waals surface area contributed by atoms with Crippen LogP contribution in [0.15, 0.2) is 18.3 Å². The average molecular weight is 402 g/mol. The summed E-state index contributed by atoms with van der Waals surface area (Å²) in [5.41, 5.74) is 6.41. The van der Waals surface area contributed by atoms with Crippen molar-refractivity contribution in [2.75, 3.05) is 31.7 Å². The fraction of sp³-hybridized carbons (Fsp3) is 0.500. The van der Waals surface area contributed by atoms with Crippen molar-refractivity contribution < 1.29 is 4.74 Å². The lowest BCUT2D eigenvalue weighted by Gasteiger charge is -2.37. The van der Waals surface area contributed by atoms with Gasteiger partial charge in [-0.3, -0.25) is 0 Å². The molecule has 156 valence electrons. The first-order valence-electron chi connectivity index (χ1n) is 10.8. The van der Waals surface area contributed by atoms with Crippen molar-refractivity contribution in [3.05, 3.63) is 40.8 Å². The summed E-state index contributed by atoms with van der Waals surface area (Å²) in [6.45, 7) is 13.5. The first-order valence-corrected chi connectivity index (χ1v) is 10.8. The van der Waals surface area contributed by atoms with Gasteiger partial charge in [-0.1, -0.05) is 24.5 Å². The van der Waals surface area contributed by atoms with Gasteiger partial charge in [0.15, 0.2) is 5.65 Å². The molecule has 5 nitrogen and oxygen atoms in total. The Morgan fingerprint density at radius 2 is 1.80 bits per heavy atom. The van der Waals surface area contributed by atoms with E-state index in [0.717, 1.165) is 71.1 Å². The number of methoxy groups -OCH3 is 1. The molecule has 6 heteroatoms. The Balaban J connectivity index is 1.83. The first kappa shape index (κ1) is 20.9. The summed E-state index contributed by atoms with van der Waals surface area (Å²) in [6.07, 6.45) is 3.31. The molecule has 2 radical (unpaired) electrons. The van der Waals surface area contributed by atoms with Gasteiger partial charge in [-0.05, 0) is 62.6 Å². The second-order valence-corrected chi connectivity index (χ2v) is 8.91. The van der Waals surface area contributed by atoms with Crippen molar-refractivity contribution in [1.82, 2.24) is 14.5 Å². The van der Waals surface area contributed by atoms with Crippen molar-refractivity contribution in [2.24, 2.45) is 11.8 Å². The van der Waals surface area contributed by atoms with Crippen molar-refractivity contribution >= 4 is 30.2 Å². The minimum atomic E-state index is 0.563. The van der Waals surface area contributed by atoms with E-state index >= 15 is 0 Å². The first-order chi connectivity index (χ1) is 14.3. The molecule has 30 heavy (non-hydrogen) atoms. The molecule has 0 saturated carbocycles. The summed E-state index contributed by atoms with van der Waals surface area (Å²) >= 11 is 0. The molecule has 3 aromatic rings. The highest BCUT2D eigenvalue weighted by atomic mass is 16.5. The maximum Gasteiger partial charge on any atom is 0.150 e. The van der Waals surface area contributed by atoms with E-state index in [1.807, 2.05) is 19.1 Å². The van der Waals surface area contributed by atoms with Gasteiger partial charge in [0.25, 0.3) is 0 Å². The van der Waals surface area contributed by atoms with Crippen LogP contribution in [0.25, 0.3) is 16.7 Å². The van der Waals surface area contributed by atoms with Gasteiger partial charge in [0.1, 0.15) is 19.5 Å². The molecule has 2 atom stereocenters. The Morgan fingerprint density at radius 1 is 1.10 bits per heavy atom. The van der Waals surface area contributed by atoms with Gasteiger partial charge in [-0.2, -0.15) is 0 Å². The number of anilines is 1. The van der Waals surface area contributed by atoms with Crippen LogP contribution >= 0.6 is 0 Å². The van der Waals surface area contributed by atoms with Crippen LogP contribution in [0, 0.1) is 39.5 Å². The molecule has 2 unspecified atom stereocenters. The number of rotatable bonds is 4. The standard InChI is InChI=1S/C24H31BN4O/c1-14-9-20(25)10-15(2)22(14)29-12-17(4)21-23(26-18(5)27-24(21)29)28-8-7-19(13-30-6)16(3)11-28/h9-10,12,16,19H,7-8,11,13H2,1-6H3. The lowest BCUT2D eigenvalue weighted by Crippen LogP contribution is -2.41. The van der Waals surface area contributed by atoms with Gasteiger partial charge in [-0.15, -0.1) is 0 Å². The molecule has 0 amide bonds. The summed E-state index contributed by atoms with van der Waals surface area (Å²) in [5.74, 6) is 3.03. The molecule has 2 aromatic heterocycles. The topological polar surface area (TPSA) is 43.2 Å². The highest BCUT2D eigenvalue weighted by Gasteiger charge is 2.29. The number of piperidine rings is 1. The predicted octanol–water partition coefficient (Wildman–Crippen LogP) is 3.56. The molecule has 4 rings (SSSR count). The third-order valence-electron chi connectivity index (χ3n) is 6.45. The SMILES string of the molecule is [B]c1cc(C)c(-n2cc(C)c3c(N4CCC(COC)C(C)C4)nc(C)nc32)c(C)c1. The highest BCUT2D eigenvalue weighted by molar-refractivity contribution is 6.32. The predicted molar refractivity (Wildman–Crippen MR) is 125 cm³/mol. The number of nitrogens with zero attached hydrogens (tertiary/aromatic N) is 4. The quantitative estimate of drug-likeness (QED) is 0.626. The highest BCUT2D eigenvalue weighted by Crippen LogP contribution is 2.35. The fourth-order valence-electron chi connectivity index (χ4n) is 5.01. The number of fused-ring (bicyclic) bond motifs is 1. The Labute approximate surface area is 180 Å². The molecule has 0 N–H and O–H groups in total. The number of benzene rings is 1. The zero-order chi connectivity index (χ0) is 21.6. The third-order valence-corrected chi connectivity index (χ3v) is 6.45. The second kappa shape index (κ2) is 8.07. The number of hydrogen-bond donors (Lipinski definition) is 0. The van der Waals surface area contributed by atoms with Crippen LogP contribution in [-0.2, 0) is 4.74 Å². The molecule has 1 saturated heterocycles. The molecule has 1 aromatic carbocycles. The minimum Gasteiger partial charge on any atom is -0.384 e. The van der Waals surface area contributed by atoms with Gasteiger partial charge < -0.3 is 14.2 Å². The van der Waals surface area contributed by atoms with E-state index in [1.54, 1.807) is 7.11 Å². The van der Waals surface area contributed by atoms with E-state index in [1.165, 1.54) is 5.56 Å². The van der Waals surface area contributed by atoms with E-state index in [9.17, 15) is 0 Å². The average Bonchev–Trinajstić information content (AvgIpc) is 2.98. The lowest BCUT2D eigenvalue weighted by atomic mass is 9.87. The molecule has 0 spiro atoms. The molecule has 1 aliphatic rings. The summed E-state index contributed by atoms with van der Waals surface area (Å²) < 4.78 is 7.64. The Bertz CT molecular complexity index is 1070. The van der Waals surface area contributed by atoms with E-state index < -0.39 is 0 Å². The number of ether oxygens (including phenoxy) is 1. The molecule has 1 aliphatic heterocycles. The Hall–Kier alpha value is -2.34. The zero-order valence-corrected chi connectivity index (χ0v) is 19.0. The molecule has 3 heterocycles. The monoisotopic (exact) mass is 402 g/mol. The van der Waals surface area contributed by atoms with Gasteiger partial charge in [0.2, 0.25) is 0 Å². The van der Waals surface area contributed by atoms with Crippen LogP contribution < -0.4 is 10.4 Å². The van der Waals surface area contributed by atoms with Crippen LogP contribution in [0.3, 0.4) is 0 Å². The molecular weight excluding hydrogens is 371 g/mol. The van der Waals surface area contributed by atoms with Crippen molar-refractivity contribution in [1.29, 1.82) is 0 Å². The molecule has 1 fully saturated rings. The van der Waals surface area contributed by atoms with Crippen LogP contribution in [0.5, 0.6) is 0 Å². The minimum absolute atomic E-state index is 0.563. The van der Waals surface area contributed by atoms with Gasteiger partial charge in [0.05, 0.1) is 11.1 Å². The maximum absolute atomic E-state index is 6.07. The normalized spacial score (nSPS) is 19.6. The summed E-state index contributed by atoms with van der Waals surface area (Å²) in [4.78, 5) is 12.2. The van der Waals surface area contributed by atoms with Crippen molar-refractivity contribution in [3.63, 3.8) is 0 Å². The number of aryl methyl sites for hydroxylation is 4. The van der Waals surface area contributed by atoms with Crippen LogP contribution in [0.2, 0.25) is 0 Å². The molecule has 0 bridgehead atoms. The van der Waals surface area contributed by atoms with Gasteiger partial charge >= 0.3 is 0 Å². The third kappa shape index (κ3) is 3.62. The lowest BCUT2D eigenvalue weighted by molar-refractivity contribution is 0.112. The molecular formula is C24H31BN4O. The van der Waals surface area contributed by atoms with E-state index in [-0.39, 0.29) is 0 Å². The van der Waals surface area contributed by atoms with Crippen LogP contribution in [-0.4, -0.2) is 49.2 Å². The number of hydrogen-bond acceptors (Lipinski definition) is 4. The van der Waals surface area contributed by atoms with Gasteiger partial charge in [-0.25, -0.2) is 9.97 Å². The summed E-state index contributed by atoms with van der Waals surface area (Å²) in [6, 6.07) is 4.06. The van der Waals surface area contributed by atoms with Crippen molar-refractivity contribution in [2.45, 2.75) is 41.0 Å². The maximum atomic E-state index is 6.07. The number of aromatic nitrogens is 3. The fourth-order valence-corrected chi connectivity index (χ4v) is 5.01. The summed E-state index contributed by atoms with van der Waals surface area (Å²) in [5, 5.41) is 1.15. The van der Waals surface area contributed by atoms with Crippen molar-refractivity contribution in [3.8, 4) is 5.69 Å². The second-order valence-electron chi connectivity index (χ2n) is 8.91. The Kier molecular flexibility index (Phi) is 5.62. The molecule has 0 aliphatic carbocycles. The largest absolute Gasteiger partial charge is 0.384 e. The van der Waals surface area contributed by atoms with E-state index in [4.69, 9.17) is 22.6 Å². The van der Waals surface area contributed by atoms with E-state index in [0.29, 0.717) is 11.8 Å². The van der Waals surface area contributed by atoms with Crippen LogP contribution in [0.1, 0.15) is 35.9 Å². The Morgan fingerprint density at radius 3 is 2.43 bits per heavy atom. The van der Waals surface area contributed by atoms with Gasteiger partial charge in [0, 0.05) is 33.0 Å². The zero-order valence-electron chi connectivity index (χ0n) is 19.0. The smallest absolute Gasteiger partial charge is 0.150 e. The summed E-state index contributed by atoms with van der Waals surface area (Å²) in [7, 11) is 7.86. The van der Waals surface area contributed by atoms with Crippen LogP contribution in [0.4, 0.5) is 5.82 Å².